The topological polar surface area (TPSA) is 17.1 Å². The van der Waals surface area contributed by atoms with Gasteiger partial charge in [0.1, 0.15) is 0 Å². The standard InChI is InChI=1S/C11H12O/c1-2-11(12)9-10-7-5-3-4-6-8-10/h2-8,10H,1,9H2. The van der Waals surface area contributed by atoms with Gasteiger partial charge in [0.2, 0.25) is 0 Å². The van der Waals surface area contributed by atoms with Crippen molar-refractivity contribution in [3.63, 3.8) is 0 Å². The van der Waals surface area contributed by atoms with Crippen molar-refractivity contribution in [1.82, 2.24) is 0 Å². The summed E-state index contributed by atoms with van der Waals surface area (Å²) >= 11 is 0. The quantitative estimate of drug-likeness (QED) is 0.579. The van der Waals surface area contributed by atoms with Gasteiger partial charge in [-0.05, 0) is 6.08 Å². The van der Waals surface area contributed by atoms with E-state index in [0.29, 0.717) is 6.42 Å². The summed E-state index contributed by atoms with van der Waals surface area (Å²) in [5.74, 6) is 0.321. The van der Waals surface area contributed by atoms with E-state index in [9.17, 15) is 4.79 Å². The predicted molar refractivity (Wildman–Crippen MR) is 50.7 cm³/mol. The lowest BCUT2D eigenvalue weighted by Gasteiger charge is -2.02. The zero-order valence-electron chi connectivity index (χ0n) is 6.94. The molecule has 1 aliphatic rings. The summed E-state index contributed by atoms with van der Waals surface area (Å²) in [7, 11) is 0. The maximum atomic E-state index is 11.0. The molecule has 12 heavy (non-hydrogen) atoms. The molecule has 0 atom stereocenters. The summed E-state index contributed by atoms with van der Waals surface area (Å²) in [4.78, 5) is 11.0. The summed E-state index contributed by atoms with van der Waals surface area (Å²) in [5.41, 5.74) is 0. The summed E-state index contributed by atoms with van der Waals surface area (Å²) in [6.45, 7) is 3.44. The molecule has 0 aliphatic heterocycles. The molecule has 0 N–H and O–H groups in total. The fourth-order valence-corrected chi connectivity index (χ4v) is 1.06. The highest BCUT2D eigenvalue weighted by atomic mass is 16.1. The van der Waals surface area contributed by atoms with Gasteiger partial charge in [0.15, 0.2) is 5.78 Å². The van der Waals surface area contributed by atoms with Crippen LogP contribution in [0.15, 0.2) is 49.1 Å². The molecule has 1 heteroatoms. The lowest BCUT2D eigenvalue weighted by Crippen LogP contribution is -2.00. The monoisotopic (exact) mass is 160 g/mol. The van der Waals surface area contributed by atoms with E-state index in [0.717, 1.165) is 0 Å². The lowest BCUT2D eigenvalue weighted by atomic mass is 10.0. The average Bonchev–Trinajstić information content (AvgIpc) is 2.33. The van der Waals surface area contributed by atoms with Crippen LogP contribution in [0.25, 0.3) is 0 Å². The molecule has 0 fully saturated rings. The fraction of sp³-hybridized carbons (Fsp3) is 0.182. The molecule has 1 nitrogen and oxygen atoms in total. The number of hydrogen-bond acceptors (Lipinski definition) is 1. The molecular weight excluding hydrogens is 148 g/mol. The van der Waals surface area contributed by atoms with E-state index in [1.54, 1.807) is 0 Å². The zero-order chi connectivity index (χ0) is 8.81. The van der Waals surface area contributed by atoms with Crippen LogP contribution >= 0.6 is 0 Å². The first kappa shape index (κ1) is 8.72. The molecule has 0 heterocycles. The van der Waals surface area contributed by atoms with Crippen molar-refractivity contribution in [2.75, 3.05) is 0 Å². The van der Waals surface area contributed by atoms with Crippen LogP contribution < -0.4 is 0 Å². The summed E-state index contributed by atoms with van der Waals surface area (Å²) in [6, 6.07) is 0. The molecule has 0 radical (unpaired) electrons. The molecule has 1 aliphatic carbocycles. The number of carbonyl (C=O) groups excluding carboxylic acids is 1. The average molecular weight is 160 g/mol. The molecule has 0 amide bonds. The second-order valence-corrected chi connectivity index (χ2v) is 2.69. The number of rotatable bonds is 3. The van der Waals surface area contributed by atoms with E-state index >= 15 is 0 Å². The van der Waals surface area contributed by atoms with Crippen LogP contribution in [0.3, 0.4) is 0 Å². The first-order chi connectivity index (χ1) is 5.83. The van der Waals surface area contributed by atoms with Gasteiger partial charge in [-0.3, -0.25) is 4.79 Å². The largest absolute Gasteiger partial charge is 0.295 e. The van der Waals surface area contributed by atoms with Crippen molar-refractivity contribution in [2.45, 2.75) is 6.42 Å². The molecule has 0 spiro atoms. The Labute approximate surface area is 72.8 Å². The van der Waals surface area contributed by atoms with Gasteiger partial charge in [-0.25, -0.2) is 0 Å². The third kappa shape index (κ3) is 2.70. The fourth-order valence-electron chi connectivity index (χ4n) is 1.06. The minimum Gasteiger partial charge on any atom is -0.295 e. The summed E-state index contributed by atoms with van der Waals surface area (Å²) in [5, 5.41) is 0. The number of allylic oxidation sites excluding steroid dienone is 7. The molecule has 0 aromatic heterocycles. The zero-order valence-corrected chi connectivity index (χ0v) is 6.94. The van der Waals surface area contributed by atoms with Gasteiger partial charge in [0.05, 0.1) is 0 Å². The van der Waals surface area contributed by atoms with Crippen LogP contribution in [0.2, 0.25) is 0 Å². The van der Waals surface area contributed by atoms with E-state index in [4.69, 9.17) is 0 Å². The maximum Gasteiger partial charge on any atom is 0.155 e. The van der Waals surface area contributed by atoms with Crippen LogP contribution in [0.4, 0.5) is 0 Å². The molecule has 0 aromatic rings. The first-order valence-electron chi connectivity index (χ1n) is 4.00. The Bertz CT molecular complexity index is 240. The van der Waals surface area contributed by atoms with Crippen molar-refractivity contribution >= 4 is 5.78 Å². The SMILES string of the molecule is C=CC(=O)CC1C=CC=CC=C1. The summed E-state index contributed by atoms with van der Waals surface area (Å²) in [6.07, 6.45) is 13.8. The second-order valence-electron chi connectivity index (χ2n) is 2.69. The highest BCUT2D eigenvalue weighted by molar-refractivity contribution is 5.89. The van der Waals surface area contributed by atoms with Crippen LogP contribution in [0, 0.1) is 5.92 Å². The van der Waals surface area contributed by atoms with Crippen LogP contribution in [0.1, 0.15) is 6.42 Å². The minimum atomic E-state index is 0.0937. The maximum absolute atomic E-state index is 11.0. The van der Waals surface area contributed by atoms with Crippen molar-refractivity contribution in [3.05, 3.63) is 49.1 Å². The Morgan fingerprint density at radius 1 is 1.25 bits per heavy atom. The molecule has 0 aromatic carbocycles. The molecule has 62 valence electrons. The van der Waals surface area contributed by atoms with Gasteiger partial charge in [-0.15, -0.1) is 0 Å². The summed E-state index contributed by atoms with van der Waals surface area (Å²) < 4.78 is 0. The molecular formula is C11H12O. The Kier molecular flexibility index (Phi) is 3.27. The van der Waals surface area contributed by atoms with Gasteiger partial charge >= 0.3 is 0 Å². The highest BCUT2D eigenvalue weighted by Crippen LogP contribution is 2.10. The van der Waals surface area contributed by atoms with Crippen molar-refractivity contribution in [3.8, 4) is 0 Å². The van der Waals surface area contributed by atoms with E-state index in [2.05, 4.69) is 6.58 Å². The van der Waals surface area contributed by atoms with Gasteiger partial charge in [0, 0.05) is 12.3 Å². The number of hydrogen-bond donors (Lipinski definition) is 0. The van der Waals surface area contributed by atoms with Gasteiger partial charge in [-0.1, -0.05) is 43.0 Å². The van der Waals surface area contributed by atoms with Gasteiger partial charge in [-0.2, -0.15) is 0 Å². The van der Waals surface area contributed by atoms with Crippen molar-refractivity contribution < 1.29 is 4.79 Å². The highest BCUT2D eigenvalue weighted by Gasteiger charge is 2.04. The smallest absolute Gasteiger partial charge is 0.155 e. The molecule has 0 saturated carbocycles. The van der Waals surface area contributed by atoms with Gasteiger partial charge in [0.25, 0.3) is 0 Å². The Hall–Kier alpha value is -1.37. The lowest BCUT2D eigenvalue weighted by molar-refractivity contribution is -0.114. The van der Waals surface area contributed by atoms with E-state index < -0.39 is 0 Å². The predicted octanol–water partition coefficient (Wildman–Crippen LogP) is 2.43. The Morgan fingerprint density at radius 2 is 1.83 bits per heavy atom. The van der Waals surface area contributed by atoms with E-state index in [-0.39, 0.29) is 11.7 Å². The first-order valence-corrected chi connectivity index (χ1v) is 4.00. The molecule has 0 bridgehead atoms. The second kappa shape index (κ2) is 4.50. The molecule has 0 unspecified atom stereocenters. The van der Waals surface area contributed by atoms with E-state index in [1.807, 2.05) is 36.5 Å². The van der Waals surface area contributed by atoms with Crippen LogP contribution in [-0.4, -0.2) is 5.78 Å². The van der Waals surface area contributed by atoms with Crippen LogP contribution in [0.5, 0.6) is 0 Å². The third-order valence-corrected chi connectivity index (χ3v) is 1.71. The Morgan fingerprint density at radius 3 is 2.33 bits per heavy atom. The number of ketones is 1. The third-order valence-electron chi connectivity index (χ3n) is 1.71. The van der Waals surface area contributed by atoms with E-state index in [1.165, 1.54) is 6.08 Å². The van der Waals surface area contributed by atoms with Crippen LogP contribution in [-0.2, 0) is 4.79 Å². The van der Waals surface area contributed by atoms with Gasteiger partial charge < -0.3 is 0 Å². The van der Waals surface area contributed by atoms with Crippen molar-refractivity contribution in [2.24, 2.45) is 5.92 Å². The minimum absolute atomic E-state index is 0.0937. The number of carbonyl (C=O) groups is 1. The molecule has 1 rings (SSSR count). The normalized spacial score (nSPS) is 16.0. The molecule has 0 saturated heterocycles. The van der Waals surface area contributed by atoms with Crippen molar-refractivity contribution in [1.29, 1.82) is 0 Å². The Balaban J connectivity index is 2.53.